The molecule has 21 heavy (non-hydrogen) atoms. The lowest BCUT2D eigenvalue weighted by Gasteiger charge is -1.98. The smallest absolute Gasteiger partial charge is 0.335 e. The molecule has 0 saturated heterocycles. The number of benzene rings is 1. The second kappa shape index (κ2) is 4.75. The maximum atomic E-state index is 10.8. The first-order valence-electron chi connectivity index (χ1n) is 6.21. The van der Waals surface area contributed by atoms with Crippen molar-refractivity contribution in [3.05, 3.63) is 59.9 Å². The Kier molecular flexibility index (Phi) is 2.91. The predicted molar refractivity (Wildman–Crippen MR) is 78.6 cm³/mol. The van der Waals surface area contributed by atoms with Crippen LogP contribution in [-0.2, 0) is 0 Å². The zero-order valence-electron chi connectivity index (χ0n) is 10.9. The zero-order chi connectivity index (χ0) is 15.0. The van der Waals surface area contributed by atoms with Crippen molar-refractivity contribution in [2.45, 2.75) is 0 Å². The molecule has 2 heterocycles. The van der Waals surface area contributed by atoms with Crippen LogP contribution in [-0.4, -0.2) is 26.3 Å². The number of pyridine rings is 1. The molecular weight excluding hydrogens is 268 g/mol. The summed E-state index contributed by atoms with van der Waals surface area (Å²) in [5.74, 6) is -0.958. The zero-order valence-corrected chi connectivity index (χ0v) is 10.9. The first kappa shape index (κ1) is 12.9. The van der Waals surface area contributed by atoms with Crippen LogP contribution in [0.4, 0.5) is 0 Å². The third kappa shape index (κ3) is 2.34. The molecule has 0 saturated carbocycles. The number of nitrogens with one attached hydrogen (secondary N) is 1. The molecule has 0 fully saturated rings. The molecule has 3 rings (SSSR count). The van der Waals surface area contributed by atoms with Gasteiger partial charge in [-0.1, -0.05) is 12.1 Å². The molecule has 0 amide bonds. The highest BCUT2D eigenvalue weighted by molar-refractivity contribution is 5.95. The minimum atomic E-state index is -0.956. The van der Waals surface area contributed by atoms with Gasteiger partial charge >= 0.3 is 5.97 Å². The minimum absolute atomic E-state index is 0.00189. The van der Waals surface area contributed by atoms with E-state index in [0.717, 1.165) is 16.9 Å². The van der Waals surface area contributed by atoms with E-state index in [1.807, 2.05) is 6.20 Å². The molecule has 0 aliphatic rings. The average molecular weight is 280 g/mol. The Bertz CT molecular complexity index is 850. The predicted octanol–water partition coefficient (Wildman–Crippen LogP) is 1.98. The Balaban J connectivity index is 2.04. The van der Waals surface area contributed by atoms with E-state index in [2.05, 4.69) is 4.98 Å². The van der Waals surface area contributed by atoms with Crippen LogP contribution < -0.4 is 5.73 Å². The lowest BCUT2D eigenvalue weighted by molar-refractivity contribution is 0.0697. The highest BCUT2D eigenvalue weighted by Crippen LogP contribution is 2.20. The van der Waals surface area contributed by atoms with E-state index in [0.29, 0.717) is 5.56 Å². The molecule has 0 atom stereocenters. The summed E-state index contributed by atoms with van der Waals surface area (Å²) < 4.78 is 1.79. The van der Waals surface area contributed by atoms with Gasteiger partial charge in [0.1, 0.15) is 11.5 Å². The van der Waals surface area contributed by atoms with E-state index < -0.39 is 5.97 Å². The van der Waals surface area contributed by atoms with Crippen molar-refractivity contribution in [3.8, 4) is 11.3 Å². The molecule has 1 aromatic carbocycles. The van der Waals surface area contributed by atoms with Crippen LogP contribution >= 0.6 is 0 Å². The Morgan fingerprint density at radius 3 is 2.38 bits per heavy atom. The number of aromatic carboxylic acids is 1. The summed E-state index contributed by atoms with van der Waals surface area (Å²) in [4.78, 5) is 15.3. The molecular formula is C15H12N4O2. The van der Waals surface area contributed by atoms with E-state index in [-0.39, 0.29) is 11.4 Å². The van der Waals surface area contributed by atoms with E-state index in [1.54, 1.807) is 47.0 Å². The number of nitrogens with zero attached hydrogens (tertiary/aromatic N) is 2. The van der Waals surface area contributed by atoms with Crippen LogP contribution in [0.15, 0.2) is 48.8 Å². The van der Waals surface area contributed by atoms with Crippen molar-refractivity contribution < 1.29 is 9.90 Å². The van der Waals surface area contributed by atoms with Crippen LogP contribution in [0.3, 0.4) is 0 Å². The fourth-order valence-electron chi connectivity index (χ4n) is 2.07. The molecule has 0 radical (unpaired) electrons. The summed E-state index contributed by atoms with van der Waals surface area (Å²) in [6.45, 7) is 0. The van der Waals surface area contributed by atoms with Gasteiger partial charge in [-0.25, -0.2) is 9.78 Å². The number of aromatic nitrogens is 2. The number of nitrogen functional groups attached to an aromatic ring is 1. The first-order chi connectivity index (χ1) is 10.0. The van der Waals surface area contributed by atoms with Crippen molar-refractivity contribution in [3.63, 3.8) is 0 Å². The summed E-state index contributed by atoms with van der Waals surface area (Å²) in [6, 6.07) is 10.0. The third-order valence-electron chi connectivity index (χ3n) is 3.19. The van der Waals surface area contributed by atoms with E-state index >= 15 is 0 Å². The van der Waals surface area contributed by atoms with E-state index in [9.17, 15) is 4.79 Å². The van der Waals surface area contributed by atoms with Gasteiger partial charge < -0.3 is 15.2 Å². The molecule has 0 bridgehead atoms. The van der Waals surface area contributed by atoms with Gasteiger partial charge in [0.15, 0.2) is 0 Å². The number of hydrogen-bond donors (Lipinski definition) is 3. The molecule has 0 spiro atoms. The van der Waals surface area contributed by atoms with Crippen LogP contribution in [0.1, 0.15) is 15.9 Å². The number of carboxylic acids is 1. The Morgan fingerprint density at radius 1 is 1.10 bits per heavy atom. The van der Waals surface area contributed by atoms with Crippen molar-refractivity contribution in [2.75, 3.05) is 0 Å². The molecule has 104 valence electrons. The summed E-state index contributed by atoms with van der Waals surface area (Å²) in [6.07, 6.45) is 3.55. The summed E-state index contributed by atoms with van der Waals surface area (Å²) >= 11 is 0. The number of hydrogen-bond acceptors (Lipinski definition) is 3. The van der Waals surface area contributed by atoms with E-state index in [1.165, 1.54) is 0 Å². The monoisotopic (exact) mass is 280 g/mol. The van der Waals surface area contributed by atoms with Gasteiger partial charge in [-0.2, -0.15) is 0 Å². The molecule has 0 unspecified atom stereocenters. The maximum Gasteiger partial charge on any atom is 0.335 e. The van der Waals surface area contributed by atoms with Gasteiger partial charge in [-0.15, -0.1) is 0 Å². The number of imidazole rings is 1. The summed E-state index contributed by atoms with van der Waals surface area (Å²) in [5, 5.41) is 16.3. The first-order valence-corrected chi connectivity index (χ1v) is 6.21. The van der Waals surface area contributed by atoms with Crippen molar-refractivity contribution in [2.24, 2.45) is 5.73 Å². The highest BCUT2D eigenvalue weighted by Gasteiger charge is 2.07. The highest BCUT2D eigenvalue weighted by atomic mass is 16.4. The van der Waals surface area contributed by atoms with Crippen LogP contribution in [0.5, 0.6) is 0 Å². The molecule has 0 aliphatic carbocycles. The third-order valence-corrected chi connectivity index (χ3v) is 3.19. The molecule has 4 N–H and O–H groups in total. The maximum absolute atomic E-state index is 10.8. The number of carboxylic acid groups (broad SMARTS) is 1. The second-order valence-electron chi connectivity index (χ2n) is 4.61. The lowest BCUT2D eigenvalue weighted by atomic mass is 10.1. The standard InChI is InChI=1S/C15H12N4O2/c16-14(17)11-5-6-13-18-12(8-19(13)7-11)9-1-3-10(4-2-9)15(20)21/h1-8H,(H3,16,17)(H,20,21). The van der Waals surface area contributed by atoms with E-state index in [4.69, 9.17) is 16.2 Å². The van der Waals surface area contributed by atoms with Crippen LogP contribution in [0, 0.1) is 5.41 Å². The minimum Gasteiger partial charge on any atom is -0.478 e. The lowest BCUT2D eigenvalue weighted by Crippen LogP contribution is -2.11. The van der Waals surface area contributed by atoms with Crippen molar-refractivity contribution in [1.29, 1.82) is 5.41 Å². The Hall–Kier alpha value is -3.15. The fourth-order valence-corrected chi connectivity index (χ4v) is 2.07. The molecule has 6 heteroatoms. The average Bonchev–Trinajstić information content (AvgIpc) is 2.90. The van der Waals surface area contributed by atoms with Crippen LogP contribution in [0.2, 0.25) is 0 Å². The van der Waals surface area contributed by atoms with Gasteiger partial charge in [-0.05, 0) is 24.3 Å². The van der Waals surface area contributed by atoms with Gasteiger partial charge in [-0.3, -0.25) is 5.41 Å². The number of rotatable bonds is 3. The largest absolute Gasteiger partial charge is 0.478 e. The van der Waals surface area contributed by atoms with Crippen molar-refractivity contribution >= 4 is 17.5 Å². The molecule has 2 aromatic heterocycles. The molecule has 6 nitrogen and oxygen atoms in total. The molecule has 3 aromatic rings. The quantitative estimate of drug-likeness (QED) is 0.504. The Labute approximate surface area is 120 Å². The SMILES string of the molecule is N=C(N)c1ccc2nc(-c3ccc(C(=O)O)cc3)cn2c1. The number of amidine groups is 1. The van der Waals surface area contributed by atoms with Gasteiger partial charge in [0, 0.05) is 23.5 Å². The topological polar surface area (TPSA) is 104 Å². The summed E-state index contributed by atoms with van der Waals surface area (Å²) in [7, 11) is 0. The number of carbonyl (C=O) groups is 1. The number of fused-ring (bicyclic) bond motifs is 1. The van der Waals surface area contributed by atoms with Crippen molar-refractivity contribution in [1.82, 2.24) is 9.38 Å². The molecule has 0 aliphatic heterocycles. The fraction of sp³-hybridized carbons (Fsp3) is 0. The van der Waals surface area contributed by atoms with Gasteiger partial charge in [0.05, 0.1) is 11.3 Å². The second-order valence-corrected chi connectivity index (χ2v) is 4.61. The van der Waals surface area contributed by atoms with Gasteiger partial charge in [0.25, 0.3) is 0 Å². The summed E-state index contributed by atoms with van der Waals surface area (Å²) in [5.41, 5.74) is 8.61. The van der Waals surface area contributed by atoms with Crippen LogP contribution in [0.25, 0.3) is 16.9 Å². The Morgan fingerprint density at radius 2 is 1.76 bits per heavy atom. The number of nitrogens with two attached hydrogens (primary N) is 1. The van der Waals surface area contributed by atoms with Gasteiger partial charge in [0.2, 0.25) is 0 Å². The normalized spacial score (nSPS) is 10.7.